The summed E-state index contributed by atoms with van der Waals surface area (Å²) in [6.45, 7) is 2.49. The largest absolute Gasteiger partial charge is 0.494 e. The molecule has 7 heteroatoms. The Morgan fingerprint density at radius 3 is 2.73 bits per heavy atom. The van der Waals surface area contributed by atoms with E-state index in [-0.39, 0.29) is 35.6 Å². The van der Waals surface area contributed by atoms with Crippen LogP contribution in [0.2, 0.25) is 0 Å². The Hall–Kier alpha value is -2.83. The van der Waals surface area contributed by atoms with Crippen LogP contribution in [0.25, 0.3) is 0 Å². The normalized spacial score (nSPS) is 16.8. The van der Waals surface area contributed by atoms with Crippen molar-refractivity contribution in [3.63, 3.8) is 0 Å². The van der Waals surface area contributed by atoms with Gasteiger partial charge < -0.3 is 15.8 Å². The van der Waals surface area contributed by atoms with Crippen LogP contribution in [-0.4, -0.2) is 22.5 Å². The molecule has 0 unspecified atom stereocenters. The molecule has 0 saturated carbocycles. The first kappa shape index (κ1) is 14.1. The van der Waals surface area contributed by atoms with Crippen LogP contribution < -0.4 is 21.3 Å². The number of hydrogen-bond acceptors (Lipinski definition) is 5. The highest BCUT2D eigenvalue weighted by Gasteiger charge is 2.30. The molecule has 1 aliphatic rings. The van der Waals surface area contributed by atoms with E-state index in [0.29, 0.717) is 12.2 Å². The maximum atomic E-state index is 12.2. The summed E-state index contributed by atoms with van der Waals surface area (Å²) in [7, 11) is 0. The predicted molar refractivity (Wildman–Crippen MR) is 82.0 cm³/mol. The molecule has 3 rings (SSSR count). The molecule has 0 bridgehead atoms. The molecule has 22 heavy (non-hydrogen) atoms. The van der Waals surface area contributed by atoms with Crippen molar-refractivity contribution in [2.75, 3.05) is 17.7 Å². The summed E-state index contributed by atoms with van der Waals surface area (Å²) in [5, 5.41) is 2.60. The molecule has 0 spiro atoms. The lowest BCUT2D eigenvalue weighted by molar-refractivity contribution is -0.116. The Morgan fingerprint density at radius 2 is 2.05 bits per heavy atom. The second-order valence-electron chi connectivity index (χ2n) is 5.02. The maximum Gasteiger partial charge on any atom is 0.258 e. The van der Waals surface area contributed by atoms with Gasteiger partial charge in [0.15, 0.2) is 0 Å². The molecular weight excluding hydrogens is 284 g/mol. The summed E-state index contributed by atoms with van der Waals surface area (Å²) in [6.07, 6.45) is 0.190. The Morgan fingerprint density at radius 1 is 1.32 bits per heavy atom. The lowest BCUT2D eigenvalue weighted by Crippen LogP contribution is -2.31. The second kappa shape index (κ2) is 5.51. The van der Waals surface area contributed by atoms with Crippen LogP contribution in [-0.2, 0) is 4.79 Å². The third-order valence-electron chi connectivity index (χ3n) is 3.56. The van der Waals surface area contributed by atoms with E-state index in [2.05, 4.69) is 15.3 Å². The molecule has 4 N–H and O–H groups in total. The zero-order valence-electron chi connectivity index (χ0n) is 12.1. The molecule has 1 amide bonds. The fourth-order valence-electron chi connectivity index (χ4n) is 2.64. The third-order valence-corrected chi connectivity index (χ3v) is 3.56. The molecule has 0 aliphatic carbocycles. The highest BCUT2D eigenvalue weighted by molar-refractivity contribution is 5.94. The number of hydrogen-bond donors (Lipinski definition) is 3. The molecule has 7 nitrogen and oxygen atoms in total. The van der Waals surface area contributed by atoms with Crippen molar-refractivity contribution in [3.8, 4) is 5.75 Å². The van der Waals surface area contributed by atoms with Gasteiger partial charge in [0.1, 0.15) is 11.6 Å². The van der Waals surface area contributed by atoms with E-state index in [1.54, 1.807) is 0 Å². The topological polar surface area (TPSA) is 110 Å². The number of rotatable bonds is 3. The minimum Gasteiger partial charge on any atom is -0.494 e. The molecule has 1 aromatic heterocycles. The number of nitrogens with one attached hydrogen (secondary N) is 2. The van der Waals surface area contributed by atoms with E-state index in [9.17, 15) is 9.59 Å². The average molecular weight is 300 g/mol. The van der Waals surface area contributed by atoms with Crippen LogP contribution in [0, 0.1) is 0 Å². The van der Waals surface area contributed by atoms with Crippen LogP contribution >= 0.6 is 0 Å². The van der Waals surface area contributed by atoms with Gasteiger partial charge in [-0.05, 0) is 24.6 Å². The zero-order valence-corrected chi connectivity index (χ0v) is 12.1. The fourth-order valence-corrected chi connectivity index (χ4v) is 2.64. The number of fused-ring (bicyclic) bond motifs is 1. The number of nitrogens with two attached hydrogens (primary N) is 1. The lowest BCUT2D eigenvalue weighted by atomic mass is 9.87. The quantitative estimate of drug-likeness (QED) is 0.789. The first-order valence-electron chi connectivity index (χ1n) is 7.00. The third kappa shape index (κ3) is 2.52. The number of ether oxygens (including phenoxy) is 1. The van der Waals surface area contributed by atoms with Crippen LogP contribution in [0.15, 0.2) is 29.1 Å². The lowest BCUT2D eigenvalue weighted by Gasteiger charge is -2.24. The number of aromatic amines is 1. The zero-order chi connectivity index (χ0) is 15.7. The molecular formula is C15H16N4O3. The monoisotopic (exact) mass is 300 g/mol. The van der Waals surface area contributed by atoms with Crippen molar-refractivity contribution >= 4 is 17.7 Å². The van der Waals surface area contributed by atoms with Gasteiger partial charge in [-0.3, -0.25) is 14.6 Å². The molecule has 114 valence electrons. The summed E-state index contributed by atoms with van der Waals surface area (Å²) < 4.78 is 5.40. The van der Waals surface area contributed by atoms with Gasteiger partial charge in [-0.2, -0.15) is 4.98 Å². The number of carbonyl (C=O) groups is 1. The van der Waals surface area contributed by atoms with Gasteiger partial charge in [-0.25, -0.2) is 0 Å². The first-order chi connectivity index (χ1) is 10.6. The number of amides is 1. The van der Waals surface area contributed by atoms with Crippen LogP contribution in [0.4, 0.5) is 11.8 Å². The SMILES string of the molecule is CCOc1ccc([C@H]2CC(=O)Nc3nc(N)[nH]c(=O)c32)cc1. The number of anilines is 2. The van der Waals surface area contributed by atoms with E-state index in [1.165, 1.54) is 0 Å². The van der Waals surface area contributed by atoms with Gasteiger partial charge >= 0.3 is 0 Å². The number of H-pyrrole nitrogens is 1. The van der Waals surface area contributed by atoms with E-state index in [0.717, 1.165) is 11.3 Å². The van der Waals surface area contributed by atoms with Gasteiger partial charge in [-0.15, -0.1) is 0 Å². The van der Waals surface area contributed by atoms with Crippen molar-refractivity contribution in [3.05, 3.63) is 45.7 Å². The van der Waals surface area contributed by atoms with E-state index < -0.39 is 0 Å². The molecule has 0 saturated heterocycles. The summed E-state index contributed by atoms with van der Waals surface area (Å²) in [6, 6.07) is 7.36. The van der Waals surface area contributed by atoms with Gasteiger partial charge in [0.05, 0.1) is 12.2 Å². The molecule has 2 heterocycles. The van der Waals surface area contributed by atoms with Crippen LogP contribution in [0.3, 0.4) is 0 Å². The number of benzene rings is 1. The molecule has 2 aromatic rings. The standard InChI is InChI=1S/C15H16N4O3/c1-2-22-9-5-3-8(4-6-9)10-7-11(20)17-13-12(10)14(21)19-15(16)18-13/h3-6,10H,2,7H2,1H3,(H4,16,17,18,19,20,21)/t10-/m1/s1. The van der Waals surface area contributed by atoms with Gasteiger partial charge in [0.25, 0.3) is 5.56 Å². The molecule has 1 atom stereocenters. The van der Waals surface area contributed by atoms with E-state index >= 15 is 0 Å². The summed E-state index contributed by atoms with van der Waals surface area (Å²) in [4.78, 5) is 30.6. The number of aromatic nitrogens is 2. The van der Waals surface area contributed by atoms with Crippen molar-refractivity contribution in [2.45, 2.75) is 19.3 Å². The van der Waals surface area contributed by atoms with Crippen molar-refractivity contribution in [2.24, 2.45) is 0 Å². The molecule has 1 aromatic carbocycles. The van der Waals surface area contributed by atoms with Crippen molar-refractivity contribution < 1.29 is 9.53 Å². The highest BCUT2D eigenvalue weighted by atomic mass is 16.5. The van der Waals surface area contributed by atoms with Gasteiger partial charge in [0.2, 0.25) is 11.9 Å². The number of nitrogens with zero attached hydrogens (tertiary/aromatic N) is 1. The summed E-state index contributed by atoms with van der Waals surface area (Å²) in [5.41, 5.74) is 6.49. The molecule has 0 radical (unpaired) electrons. The fraction of sp³-hybridized carbons (Fsp3) is 0.267. The first-order valence-corrected chi connectivity index (χ1v) is 7.00. The number of carbonyl (C=O) groups excluding carboxylic acids is 1. The summed E-state index contributed by atoms with van der Waals surface area (Å²) >= 11 is 0. The van der Waals surface area contributed by atoms with E-state index in [1.807, 2.05) is 31.2 Å². The number of nitrogen functional groups attached to an aromatic ring is 1. The molecule has 0 fully saturated rings. The van der Waals surface area contributed by atoms with E-state index in [4.69, 9.17) is 10.5 Å². The Balaban J connectivity index is 2.05. The van der Waals surface area contributed by atoms with Crippen LogP contribution in [0.5, 0.6) is 5.75 Å². The average Bonchev–Trinajstić information content (AvgIpc) is 2.46. The summed E-state index contributed by atoms with van der Waals surface area (Å²) in [5.74, 6) is 0.420. The van der Waals surface area contributed by atoms with Gasteiger partial charge in [0, 0.05) is 12.3 Å². The Kier molecular flexibility index (Phi) is 3.54. The molecule has 1 aliphatic heterocycles. The van der Waals surface area contributed by atoms with Crippen LogP contribution in [0.1, 0.15) is 30.4 Å². The Labute approximate surface area is 126 Å². The minimum absolute atomic E-state index is 0.0172. The minimum atomic E-state index is -0.351. The Bertz CT molecular complexity index is 767. The second-order valence-corrected chi connectivity index (χ2v) is 5.02. The van der Waals surface area contributed by atoms with Crippen molar-refractivity contribution in [1.82, 2.24) is 9.97 Å². The highest BCUT2D eigenvalue weighted by Crippen LogP contribution is 2.34. The van der Waals surface area contributed by atoms with Gasteiger partial charge in [-0.1, -0.05) is 12.1 Å². The maximum absolute atomic E-state index is 12.2. The predicted octanol–water partition coefficient (Wildman–Crippen LogP) is 1.22. The smallest absolute Gasteiger partial charge is 0.258 e. The van der Waals surface area contributed by atoms with Crippen molar-refractivity contribution in [1.29, 1.82) is 0 Å².